The van der Waals surface area contributed by atoms with Crippen molar-refractivity contribution >= 4 is 17.4 Å². The first-order valence-corrected chi connectivity index (χ1v) is 5.51. The third-order valence-electron chi connectivity index (χ3n) is 2.18. The van der Waals surface area contributed by atoms with Crippen molar-refractivity contribution in [1.29, 1.82) is 0 Å². The Morgan fingerprint density at radius 1 is 1.41 bits per heavy atom. The van der Waals surface area contributed by atoms with Crippen LogP contribution in [0.3, 0.4) is 0 Å². The number of halogens is 3. The SMILES string of the molecule is CC(C)c1c(Cl)ncnc1NCC(O)C(F)F. The van der Waals surface area contributed by atoms with Gasteiger partial charge in [-0.15, -0.1) is 0 Å². The molecule has 1 atom stereocenters. The minimum absolute atomic E-state index is 0.0508. The Kier molecular flexibility index (Phi) is 5.02. The predicted octanol–water partition coefficient (Wildman–Crippen LogP) is 2.29. The van der Waals surface area contributed by atoms with E-state index in [1.54, 1.807) is 0 Å². The summed E-state index contributed by atoms with van der Waals surface area (Å²) >= 11 is 5.90. The Labute approximate surface area is 103 Å². The van der Waals surface area contributed by atoms with E-state index >= 15 is 0 Å². The average molecular weight is 266 g/mol. The third kappa shape index (κ3) is 3.74. The van der Waals surface area contributed by atoms with Gasteiger partial charge in [0.1, 0.15) is 23.4 Å². The maximum atomic E-state index is 12.1. The topological polar surface area (TPSA) is 58.0 Å². The summed E-state index contributed by atoms with van der Waals surface area (Å²) in [6.07, 6.45) is -3.28. The van der Waals surface area contributed by atoms with E-state index in [0.29, 0.717) is 11.4 Å². The Bertz CT molecular complexity index is 377. The standard InChI is InChI=1S/C10H14ClF2N3O/c1-5(2)7-8(11)15-4-16-10(7)14-3-6(17)9(12)13/h4-6,9,17H,3H2,1-2H3,(H,14,15,16). The van der Waals surface area contributed by atoms with Gasteiger partial charge in [0.2, 0.25) is 0 Å². The van der Waals surface area contributed by atoms with Gasteiger partial charge < -0.3 is 10.4 Å². The van der Waals surface area contributed by atoms with E-state index in [2.05, 4.69) is 15.3 Å². The lowest BCUT2D eigenvalue weighted by Gasteiger charge is -2.16. The van der Waals surface area contributed by atoms with E-state index in [0.717, 1.165) is 0 Å². The molecule has 2 N–H and O–H groups in total. The molecule has 7 heteroatoms. The van der Waals surface area contributed by atoms with Crippen LogP contribution in [0.1, 0.15) is 25.3 Å². The van der Waals surface area contributed by atoms with Gasteiger partial charge in [0.25, 0.3) is 6.43 Å². The summed E-state index contributed by atoms with van der Waals surface area (Å²) < 4.78 is 24.2. The van der Waals surface area contributed by atoms with Crippen molar-refractivity contribution in [2.45, 2.75) is 32.3 Å². The Morgan fingerprint density at radius 3 is 2.59 bits per heavy atom. The molecule has 1 aromatic rings. The van der Waals surface area contributed by atoms with E-state index in [1.807, 2.05) is 13.8 Å². The van der Waals surface area contributed by atoms with Crippen LogP contribution < -0.4 is 5.32 Å². The number of hydrogen-bond donors (Lipinski definition) is 2. The lowest BCUT2D eigenvalue weighted by Crippen LogP contribution is -2.27. The number of nitrogens with one attached hydrogen (secondary N) is 1. The smallest absolute Gasteiger partial charge is 0.265 e. The zero-order chi connectivity index (χ0) is 13.0. The minimum Gasteiger partial charge on any atom is -0.385 e. The Morgan fingerprint density at radius 2 is 2.06 bits per heavy atom. The summed E-state index contributed by atoms with van der Waals surface area (Å²) in [4.78, 5) is 7.76. The monoisotopic (exact) mass is 265 g/mol. The van der Waals surface area contributed by atoms with Gasteiger partial charge in [-0.25, -0.2) is 18.7 Å². The minimum atomic E-state index is -2.79. The van der Waals surface area contributed by atoms with Crippen LogP contribution in [0.15, 0.2) is 6.33 Å². The van der Waals surface area contributed by atoms with E-state index in [9.17, 15) is 8.78 Å². The van der Waals surface area contributed by atoms with Crippen molar-refractivity contribution in [3.8, 4) is 0 Å². The van der Waals surface area contributed by atoms with Gasteiger partial charge in [0.05, 0.1) is 0 Å². The first-order valence-electron chi connectivity index (χ1n) is 5.14. The van der Waals surface area contributed by atoms with Crippen LogP contribution in [-0.4, -0.2) is 34.1 Å². The van der Waals surface area contributed by atoms with E-state index in [1.165, 1.54) is 6.33 Å². The molecule has 96 valence electrons. The summed E-state index contributed by atoms with van der Waals surface area (Å²) in [6, 6.07) is 0. The Balaban J connectivity index is 2.81. The molecule has 1 rings (SSSR count). The van der Waals surface area contributed by atoms with Gasteiger partial charge in [-0.2, -0.15) is 0 Å². The largest absolute Gasteiger partial charge is 0.385 e. The molecule has 0 aliphatic carbocycles. The molecular formula is C10H14ClF2N3O. The molecule has 0 aromatic carbocycles. The number of nitrogens with zero attached hydrogens (tertiary/aromatic N) is 2. The molecule has 0 saturated carbocycles. The van der Waals surface area contributed by atoms with E-state index in [-0.39, 0.29) is 17.6 Å². The molecule has 1 aromatic heterocycles. The highest BCUT2D eigenvalue weighted by atomic mass is 35.5. The lowest BCUT2D eigenvalue weighted by atomic mass is 10.1. The van der Waals surface area contributed by atoms with Crippen molar-refractivity contribution < 1.29 is 13.9 Å². The van der Waals surface area contributed by atoms with Crippen LogP contribution in [0.5, 0.6) is 0 Å². The highest BCUT2D eigenvalue weighted by Crippen LogP contribution is 2.27. The molecule has 0 fully saturated rings. The third-order valence-corrected chi connectivity index (χ3v) is 2.48. The van der Waals surface area contributed by atoms with Gasteiger partial charge in [-0.3, -0.25) is 0 Å². The van der Waals surface area contributed by atoms with Crippen LogP contribution in [0.25, 0.3) is 0 Å². The van der Waals surface area contributed by atoms with Gasteiger partial charge in [0.15, 0.2) is 0 Å². The van der Waals surface area contributed by atoms with Crippen LogP contribution in [0.4, 0.5) is 14.6 Å². The maximum absolute atomic E-state index is 12.1. The Hall–Kier alpha value is -1.01. The number of aromatic nitrogens is 2. The van der Waals surface area contributed by atoms with Gasteiger partial charge in [0, 0.05) is 12.1 Å². The molecular weight excluding hydrogens is 252 g/mol. The van der Waals surface area contributed by atoms with Gasteiger partial charge in [-0.05, 0) is 5.92 Å². The summed E-state index contributed by atoms with van der Waals surface area (Å²) in [6.45, 7) is 3.49. The summed E-state index contributed by atoms with van der Waals surface area (Å²) in [5.41, 5.74) is 0.649. The van der Waals surface area contributed by atoms with Crippen molar-refractivity contribution in [3.05, 3.63) is 17.0 Å². The van der Waals surface area contributed by atoms with Crippen molar-refractivity contribution in [1.82, 2.24) is 9.97 Å². The second-order valence-electron chi connectivity index (χ2n) is 3.86. The molecule has 0 spiro atoms. The van der Waals surface area contributed by atoms with E-state index in [4.69, 9.17) is 16.7 Å². The fourth-order valence-corrected chi connectivity index (χ4v) is 1.67. The van der Waals surface area contributed by atoms with Crippen LogP contribution in [-0.2, 0) is 0 Å². The normalized spacial score (nSPS) is 13.2. The molecule has 1 unspecified atom stereocenters. The second kappa shape index (κ2) is 6.07. The quantitative estimate of drug-likeness (QED) is 0.802. The number of aliphatic hydroxyl groups is 1. The number of alkyl halides is 2. The van der Waals surface area contributed by atoms with Crippen molar-refractivity contribution in [3.63, 3.8) is 0 Å². The fourth-order valence-electron chi connectivity index (χ4n) is 1.32. The summed E-state index contributed by atoms with van der Waals surface area (Å²) in [5.74, 6) is 0.426. The van der Waals surface area contributed by atoms with Crippen molar-refractivity contribution in [2.75, 3.05) is 11.9 Å². The first-order chi connectivity index (χ1) is 7.93. The van der Waals surface area contributed by atoms with Gasteiger partial charge >= 0.3 is 0 Å². The number of aliphatic hydroxyl groups excluding tert-OH is 1. The van der Waals surface area contributed by atoms with Crippen molar-refractivity contribution in [2.24, 2.45) is 0 Å². The number of rotatable bonds is 5. The molecule has 0 aliphatic rings. The second-order valence-corrected chi connectivity index (χ2v) is 4.22. The van der Waals surface area contributed by atoms with Gasteiger partial charge in [-0.1, -0.05) is 25.4 Å². The molecule has 1 heterocycles. The first kappa shape index (κ1) is 14.1. The van der Waals surface area contributed by atoms with E-state index < -0.39 is 12.5 Å². The highest BCUT2D eigenvalue weighted by molar-refractivity contribution is 6.30. The number of anilines is 1. The van der Waals surface area contributed by atoms with Crippen LogP contribution >= 0.6 is 11.6 Å². The molecule has 0 saturated heterocycles. The lowest BCUT2D eigenvalue weighted by molar-refractivity contribution is 0.00379. The number of hydrogen-bond acceptors (Lipinski definition) is 4. The zero-order valence-electron chi connectivity index (χ0n) is 9.49. The molecule has 0 aliphatic heterocycles. The zero-order valence-corrected chi connectivity index (χ0v) is 10.2. The molecule has 0 amide bonds. The van der Waals surface area contributed by atoms with Crippen LogP contribution in [0.2, 0.25) is 5.15 Å². The maximum Gasteiger partial charge on any atom is 0.265 e. The molecule has 4 nitrogen and oxygen atoms in total. The highest BCUT2D eigenvalue weighted by Gasteiger charge is 2.19. The molecule has 0 radical (unpaired) electrons. The fraction of sp³-hybridized carbons (Fsp3) is 0.600. The molecule has 0 bridgehead atoms. The summed E-state index contributed by atoms with van der Waals surface area (Å²) in [5, 5.41) is 11.9. The predicted molar refractivity (Wildman–Crippen MR) is 61.6 cm³/mol. The molecule has 17 heavy (non-hydrogen) atoms. The van der Waals surface area contributed by atoms with Crippen LogP contribution in [0, 0.1) is 0 Å². The average Bonchev–Trinajstić information content (AvgIpc) is 2.24. The summed E-state index contributed by atoms with van der Waals surface area (Å²) in [7, 11) is 0.